The van der Waals surface area contributed by atoms with Gasteiger partial charge in [0.25, 0.3) is 0 Å². The fourth-order valence-corrected chi connectivity index (χ4v) is 8.15. The van der Waals surface area contributed by atoms with Crippen molar-refractivity contribution in [1.29, 1.82) is 0 Å². The molecular weight excluding hydrogens is 661 g/mol. The molecule has 0 aliphatic carbocycles. The lowest BCUT2D eigenvalue weighted by molar-refractivity contribution is -0.137. The van der Waals surface area contributed by atoms with Crippen LogP contribution in [0.3, 0.4) is 0 Å². The Morgan fingerprint density at radius 1 is 0.830 bits per heavy atom. The number of nitrogens with one attached hydrogen (secondary N) is 2. The van der Waals surface area contributed by atoms with Crippen molar-refractivity contribution in [2.24, 2.45) is 11.8 Å². The number of piperazine rings is 2. The maximum Gasteiger partial charge on any atom is 0.225 e. The Kier molecular flexibility index (Phi) is 18.8. The van der Waals surface area contributed by atoms with Crippen molar-refractivity contribution in [2.45, 2.75) is 91.2 Å². The number of carbonyl (C=O) groups is 1. The molecule has 7 rings (SSSR count). The molecule has 5 aliphatic rings. The van der Waals surface area contributed by atoms with Crippen molar-refractivity contribution in [3.05, 3.63) is 54.7 Å². The normalized spacial score (nSPS) is 21.3. The van der Waals surface area contributed by atoms with Gasteiger partial charge in [0.1, 0.15) is 5.82 Å². The predicted octanol–water partition coefficient (Wildman–Crippen LogP) is 5.20. The molecule has 2 aromatic rings. The molecule has 0 spiro atoms. The average Bonchev–Trinajstić information content (AvgIpc) is 3.19. The van der Waals surface area contributed by atoms with Crippen LogP contribution < -0.4 is 20.4 Å². The Labute approximate surface area is 322 Å². The topological polar surface area (TPSA) is 90.5 Å². The van der Waals surface area contributed by atoms with Crippen LogP contribution in [0.15, 0.2) is 54.7 Å². The van der Waals surface area contributed by atoms with E-state index in [-0.39, 0.29) is 12.3 Å². The van der Waals surface area contributed by atoms with Crippen LogP contribution in [0.4, 0.5) is 11.5 Å². The summed E-state index contributed by atoms with van der Waals surface area (Å²) in [6.07, 6.45) is 8.87. The Bertz CT molecular complexity index is 1230. The molecule has 6 heterocycles. The largest absolute Gasteiger partial charge is 0.389 e. The first-order chi connectivity index (χ1) is 25.8. The minimum absolute atomic E-state index is 0.0945. The number of anilines is 2. The van der Waals surface area contributed by atoms with Gasteiger partial charge in [-0.15, -0.1) is 0 Å². The smallest absolute Gasteiger partial charge is 0.225 e. The molecular formula is C43H74N8O2. The van der Waals surface area contributed by atoms with Crippen molar-refractivity contribution < 1.29 is 9.90 Å². The number of pyridine rings is 1. The van der Waals surface area contributed by atoms with Crippen LogP contribution in [0.1, 0.15) is 79.6 Å². The van der Waals surface area contributed by atoms with Crippen LogP contribution in [0, 0.1) is 11.8 Å². The number of rotatable bonds is 9. The summed E-state index contributed by atoms with van der Waals surface area (Å²) in [6, 6.07) is 17.3. The van der Waals surface area contributed by atoms with Crippen molar-refractivity contribution >= 4 is 17.4 Å². The van der Waals surface area contributed by atoms with Gasteiger partial charge in [0.2, 0.25) is 5.91 Å². The van der Waals surface area contributed by atoms with E-state index in [0.717, 1.165) is 63.0 Å². The number of hydrogen-bond donors (Lipinski definition) is 3. The van der Waals surface area contributed by atoms with E-state index < -0.39 is 5.60 Å². The van der Waals surface area contributed by atoms with Gasteiger partial charge in [0, 0.05) is 95.8 Å². The van der Waals surface area contributed by atoms with E-state index in [2.05, 4.69) is 80.3 Å². The maximum atomic E-state index is 12.4. The van der Waals surface area contributed by atoms with Gasteiger partial charge >= 0.3 is 0 Å². The molecule has 0 radical (unpaired) electrons. The molecule has 1 aromatic heterocycles. The number of aromatic nitrogens is 1. The van der Waals surface area contributed by atoms with Crippen molar-refractivity contribution in [1.82, 2.24) is 30.3 Å². The SMILES string of the molecule is CC.CCCC(C)C.O=C(CC1(O)CCNCC1)N1CCN(c2ccccc2)CC1.c1ccc(N2CC(CN3CCN(C4CCNCC4)CC3)C2)nc1. The summed E-state index contributed by atoms with van der Waals surface area (Å²) in [6.45, 7) is 26.6. The van der Waals surface area contributed by atoms with Crippen LogP contribution in [0.2, 0.25) is 0 Å². The zero-order valence-corrected chi connectivity index (χ0v) is 34.0. The highest BCUT2D eigenvalue weighted by Gasteiger charge is 2.34. The molecule has 5 saturated heterocycles. The fraction of sp³-hybridized carbons (Fsp3) is 0.721. The second-order valence-electron chi connectivity index (χ2n) is 15.8. The van der Waals surface area contributed by atoms with Crippen molar-refractivity contribution in [3.8, 4) is 0 Å². The van der Waals surface area contributed by atoms with E-state index in [9.17, 15) is 9.90 Å². The van der Waals surface area contributed by atoms with Crippen LogP contribution >= 0.6 is 0 Å². The van der Waals surface area contributed by atoms with E-state index in [1.807, 2.05) is 49.2 Å². The van der Waals surface area contributed by atoms with E-state index in [1.165, 1.54) is 90.3 Å². The van der Waals surface area contributed by atoms with Gasteiger partial charge in [-0.25, -0.2) is 4.98 Å². The molecule has 5 aliphatic heterocycles. The zero-order valence-electron chi connectivity index (χ0n) is 34.0. The third-order valence-electron chi connectivity index (χ3n) is 11.3. The molecule has 0 atom stereocenters. The first kappa shape index (κ1) is 43.0. The Balaban J connectivity index is 0.000000198. The minimum atomic E-state index is -0.807. The summed E-state index contributed by atoms with van der Waals surface area (Å²) in [7, 11) is 0. The first-order valence-corrected chi connectivity index (χ1v) is 21.2. The van der Waals surface area contributed by atoms with Crippen LogP contribution in [0.5, 0.6) is 0 Å². The molecule has 5 fully saturated rings. The van der Waals surface area contributed by atoms with Gasteiger partial charge in [-0.1, -0.05) is 71.7 Å². The molecule has 1 aromatic carbocycles. The molecule has 298 valence electrons. The highest BCUT2D eigenvalue weighted by Crippen LogP contribution is 2.25. The molecule has 0 bridgehead atoms. The Morgan fingerprint density at radius 3 is 2.02 bits per heavy atom. The number of amides is 1. The number of benzene rings is 1. The van der Waals surface area contributed by atoms with E-state index in [4.69, 9.17) is 0 Å². The molecule has 0 unspecified atom stereocenters. The third kappa shape index (κ3) is 14.4. The van der Waals surface area contributed by atoms with Gasteiger partial charge in [-0.3, -0.25) is 9.69 Å². The Hall–Kier alpha value is -2.76. The quantitative estimate of drug-likeness (QED) is 0.322. The van der Waals surface area contributed by atoms with Gasteiger partial charge < -0.3 is 35.3 Å². The first-order valence-electron chi connectivity index (χ1n) is 21.2. The lowest BCUT2D eigenvalue weighted by atomic mass is 9.88. The van der Waals surface area contributed by atoms with Crippen LogP contribution in [-0.2, 0) is 4.79 Å². The highest BCUT2D eigenvalue weighted by atomic mass is 16.3. The summed E-state index contributed by atoms with van der Waals surface area (Å²) >= 11 is 0. The number of aliphatic hydroxyl groups is 1. The summed E-state index contributed by atoms with van der Waals surface area (Å²) < 4.78 is 0. The summed E-state index contributed by atoms with van der Waals surface area (Å²) in [5, 5.41) is 17.2. The van der Waals surface area contributed by atoms with Gasteiger partial charge in [-0.2, -0.15) is 0 Å². The van der Waals surface area contributed by atoms with Crippen LogP contribution in [0.25, 0.3) is 0 Å². The third-order valence-corrected chi connectivity index (χ3v) is 11.3. The van der Waals surface area contributed by atoms with E-state index in [1.54, 1.807) is 0 Å². The second kappa shape index (κ2) is 23.2. The molecule has 10 heteroatoms. The lowest BCUT2D eigenvalue weighted by Gasteiger charge is -2.45. The van der Waals surface area contributed by atoms with Crippen molar-refractivity contribution in [3.63, 3.8) is 0 Å². The highest BCUT2D eigenvalue weighted by molar-refractivity contribution is 5.77. The Morgan fingerprint density at radius 2 is 1.45 bits per heavy atom. The number of para-hydroxylation sites is 1. The monoisotopic (exact) mass is 735 g/mol. The summed E-state index contributed by atoms with van der Waals surface area (Å²) in [5.41, 5.74) is 0.408. The molecule has 1 amide bonds. The van der Waals surface area contributed by atoms with Gasteiger partial charge in [0.05, 0.1) is 12.0 Å². The van der Waals surface area contributed by atoms with Crippen molar-refractivity contribution in [2.75, 3.05) is 108 Å². The number of hydrogen-bond acceptors (Lipinski definition) is 9. The summed E-state index contributed by atoms with van der Waals surface area (Å²) in [4.78, 5) is 28.9. The van der Waals surface area contributed by atoms with Gasteiger partial charge in [0.15, 0.2) is 0 Å². The molecule has 10 nitrogen and oxygen atoms in total. The fourth-order valence-electron chi connectivity index (χ4n) is 8.15. The van der Waals surface area contributed by atoms with E-state index >= 15 is 0 Å². The molecule has 3 N–H and O–H groups in total. The second-order valence-corrected chi connectivity index (χ2v) is 15.8. The number of piperidine rings is 2. The zero-order chi connectivity index (χ0) is 37.9. The lowest BCUT2D eigenvalue weighted by Crippen LogP contribution is -2.57. The van der Waals surface area contributed by atoms with Gasteiger partial charge in [-0.05, 0) is 82.0 Å². The summed E-state index contributed by atoms with van der Waals surface area (Å²) in [5.74, 6) is 2.95. The average molecular weight is 735 g/mol. The minimum Gasteiger partial charge on any atom is -0.389 e. The predicted molar refractivity (Wildman–Crippen MR) is 222 cm³/mol. The standard InChI is InChI=1S/C18H29N5.C17H25N3O2.C6H14.C2H6/c1-2-6-20-18(3-1)23-14-16(15-23)13-21-9-11-22(12-10-21)17-4-7-19-8-5-17;21-16(14-17(22)6-8-18-9-7-17)20-12-10-19(11-13-20)15-4-2-1-3-5-15;1-4-5-6(2)3;1-2/h1-3,6,16-17,19H,4-5,7-15H2;1-5,18,22H,6-14H2;6H,4-5H2,1-3H3;1-2H3. The van der Waals surface area contributed by atoms with Crippen LogP contribution in [-0.4, -0.2) is 141 Å². The molecule has 0 saturated carbocycles. The number of carbonyl (C=O) groups excluding carboxylic acids is 1. The maximum absolute atomic E-state index is 12.4. The molecule has 53 heavy (non-hydrogen) atoms. The van der Waals surface area contributed by atoms with E-state index in [0.29, 0.717) is 12.8 Å². The number of nitrogens with zero attached hydrogens (tertiary/aromatic N) is 6.